The maximum atomic E-state index is 13.3. The van der Waals surface area contributed by atoms with Crippen molar-refractivity contribution in [3.8, 4) is 0 Å². The zero-order valence-corrected chi connectivity index (χ0v) is 20.2. The highest BCUT2D eigenvalue weighted by Crippen LogP contribution is 2.62. The van der Waals surface area contributed by atoms with E-state index in [0.717, 1.165) is 37.7 Å². The molecule has 0 saturated heterocycles. The molecule has 4 saturated carbocycles. The van der Waals surface area contributed by atoms with E-state index in [1.807, 2.05) is 6.92 Å². The molecule has 2 unspecified atom stereocenters. The van der Waals surface area contributed by atoms with Gasteiger partial charge in [-0.1, -0.05) is 29.3 Å². The van der Waals surface area contributed by atoms with Crippen molar-refractivity contribution in [2.75, 3.05) is 0 Å². The normalized spacial score (nSPS) is 32.2. The van der Waals surface area contributed by atoms with Crippen molar-refractivity contribution in [3.63, 3.8) is 0 Å². The van der Waals surface area contributed by atoms with Crippen LogP contribution in [0.3, 0.4) is 0 Å². The van der Waals surface area contributed by atoms with Crippen LogP contribution in [0.25, 0.3) is 0 Å². The summed E-state index contributed by atoms with van der Waals surface area (Å²) >= 11 is 12.2. The first-order chi connectivity index (χ1) is 15.0. The third-order valence-corrected chi connectivity index (χ3v) is 7.94. The van der Waals surface area contributed by atoms with E-state index in [1.165, 1.54) is 6.92 Å². The molecule has 5 rings (SSSR count). The van der Waals surface area contributed by atoms with Gasteiger partial charge < -0.3 is 15.4 Å². The van der Waals surface area contributed by atoms with Crippen LogP contribution in [-0.4, -0.2) is 29.4 Å². The fourth-order valence-electron chi connectivity index (χ4n) is 6.62. The van der Waals surface area contributed by atoms with Crippen molar-refractivity contribution < 1.29 is 19.1 Å². The van der Waals surface area contributed by atoms with E-state index in [-0.39, 0.29) is 29.4 Å². The molecule has 0 radical (unpaired) electrons. The van der Waals surface area contributed by atoms with Gasteiger partial charge >= 0.3 is 5.97 Å². The first kappa shape index (κ1) is 23.4. The quantitative estimate of drug-likeness (QED) is 0.583. The first-order valence-electron chi connectivity index (χ1n) is 11.3. The Labute approximate surface area is 198 Å². The SMILES string of the molecule is CC(=O)NC12C[C@H]3C[C@@H](C1)CC(C(=O)O[C@H](C)C(=O)N[C@@H](C)c1ccc(Cl)cc1Cl)(C3)C2. The second-order valence-corrected chi connectivity index (χ2v) is 11.0. The molecule has 2 amide bonds. The number of carbonyl (C=O) groups excluding carboxylic acids is 3. The van der Waals surface area contributed by atoms with Crippen molar-refractivity contribution in [1.82, 2.24) is 10.6 Å². The van der Waals surface area contributed by atoms with Crippen molar-refractivity contribution in [2.24, 2.45) is 17.3 Å². The van der Waals surface area contributed by atoms with Crippen molar-refractivity contribution in [1.29, 1.82) is 0 Å². The Hall–Kier alpha value is -1.79. The summed E-state index contributed by atoms with van der Waals surface area (Å²) in [6, 6.07) is 4.74. The molecule has 4 fully saturated rings. The Kier molecular flexibility index (Phi) is 6.23. The molecule has 1 aromatic rings. The third-order valence-electron chi connectivity index (χ3n) is 7.38. The van der Waals surface area contributed by atoms with Crippen LogP contribution >= 0.6 is 23.2 Å². The minimum Gasteiger partial charge on any atom is -0.452 e. The number of rotatable bonds is 6. The Bertz CT molecular complexity index is 936. The summed E-state index contributed by atoms with van der Waals surface area (Å²) in [7, 11) is 0. The minimum absolute atomic E-state index is 0.0574. The molecule has 4 aliphatic rings. The Morgan fingerprint density at radius 1 is 1.09 bits per heavy atom. The maximum Gasteiger partial charge on any atom is 0.312 e. The highest BCUT2D eigenvalue weighted by Gasteiger charge is 2.61. The number of nitrogens with one attached hydrogen (secondary N) is 2. The molecule has 4 aliphatic carbocycles. The van der Waals surface area contributed by atoms with Crippen LogP contribution in [0.4, 0.5) is 0 Å². The summed E-state index contributed by atoms with van der Waals surface area (Å²) in [5.74, 6) is 0.0658. The minimum atomic E-state index is -0.930. The van der Waals surface area contributed by atoms with Crippen LogP contribution in [-0.2, 0) is 19.1 Å². The molecular weight excluding hydrogens is 451 g/mol. The van der Waals surface area contributed by atoms with E-state index < -0.39 is 11.5 Å². The van der Waals surface area contributed by atoms with E-state index in [1.54, 1.807) is 25.1 Å². The van der Waals surface area contributed by atoms with Gasteiger partial charge in [-0.2, -0.15) is 0 Å². The summed E-state index contributed by atoms with van der Waals surface area (Å²) in [6.45, 7) is 4.94. The average Bonchev–Trinajstić information content (AvgIpc) is 2.65. The summed E-state index contributed by atoms with van der Waals surface area (Å²) < 4.78 is 5.72. The first-order valence-corrected chi connectivity index (χ1v) is 12.0. The molecule has 6 atom stereocenters. The largest absolute Gasteiger partial charge is 0.452 e. The average molecular weight is 481 g/mol. The molecule has 0 heterocycles. The van der Waals surface area contributed by atoms with Crippen molar-refractivity contribution in [3.05, 3.63) is 33.8 Å². The number of halogens is 2. The number of hydrogen-bond donors (Lipinski definition) is 2. The molecule has 174 valence electrons. The molecular formula is C24H30Cl2N2O4. The van der Waals surface area contributed by atoms with Crippen LogP contribution in [0, 0.1) is 17.3 Å². The lowest BCUT2D eigenvalue weighted by atomic mass is 9.47. The number of carbonyl (C=O) groups is 3. The van der Waals surface area contributed by atoms with E-state index in [9.17, 15) is 14.4 Å². The van der Waals surface area contributed by atoms with Gasteiger partial charge in [-0.15, -0.1) is 0 Å². The maximum absolute atomic E-state index is 13.3. The van der Waals surface area contributed by atoms with Crippen LogP contribution < -0.4 is 10.6 Å². The van der Waals surface area contributed by atoms with Gasteiger partial charge in [0, 0.05) is 22.5 Å². The van der Waals surface area contributed by atoms with Gasteiger partial charge in [-0.25, -0.2) is 0 Å². The number of hydrogen-bond acceptors (Lipinski definition) is 4. The molecule has 8 heteroatoms. The molecule has 0 spiro atoms. The van der Waals surface area contributed by atoms with E-state index in [2.05, 4.69) is 10.6 Å². The molecule has 0 aromatic heterocycles. The van der Waals surface area contributed by atoms with E-state index in [4.69, 9.17) is 27.9 Å². The summed E-state index contributed by atoms with van der Waals surface area (Å²) in [5.41, 5.74) is -0.201. The number of ether oxygens (including phenoxy) is 1. The third kappa shape index (κ3) is 4.49. The van der Waals surface area contributed by atoms with Crippen LogP contribution in [0.15, 0.2) is 18.2 Å². The van der Waals surface area contributed by atoms with Gasteiger partial charge in [0.2, 0.25) is 5.91 Å². The molecule has 0 aliphatic heterocycles. The lowest BCUT2D eigenvalue weighted by Gasteiger charge is -2.60. The fourth-order valence-corrected chi connectivity index (χ4v) is 7.19. The molecule has 2 N–H and O–H groups in total. The van der Waals surface area contributed by atoms with Crippen molar-refractivity contribution in [2.45, 2.75) is 77.0 Å². The van der Waals surface area contributed by atoms with E-state index in [0.29, 0.717) is 28.3 Å². The van der Waals surface area contributed by atoms with Gasteiger partial charge in [-0.05, 0) is 81.9 Å². The molecule has 4 bridgehead atoms. The monoisotopic (exact) mass is 480 g/mol. The highest BCUT2D eigenvalue weighted by atomic mass is 35.5. The summed E-state index contributed by atoms with van der Waals surface area (Å²) in [4.78, 5) is 37.9. The Morgan fingerprint density at radius 2 is 1.75 bits per heavy atom. The van der Waals surface area contributed by atoms with Crippen LogP contribution in [0.5, 0.6) is 0 Å². The summed E-state index contributed by atoms with van der Waals surface area (Å²) in [5, 5.41) is 7.00. The zero-order valence-electron chi connectivity index (χ0n) is 18.7. The zero-order chi connectivity index (χ0) is 23.3. The lowest BCUT2D eigenvalue weighted by Crippen LogP contribution is -2.65. The highest BCUT2D eigenvalue weighted by molar-refractivity contribution is 6.35. The topological polar surface area (TPSA) is 84.5 Å². The summed E-state index contributed by atoms with van der Waals surface area (Å²) in [6.07, 6.45) is 4.16. The molecule has 6 nitrogen and oxygen atoms in total. The predicted molar refractivity (Wildman–Crippen MR) is 122 cm³/mol. The lowest BCUT2D eigenvalue weighted by molar-refractivity contribution is -0.182. The predicted octanol–water partition coefficient (Wildman–Crippen LogP) is 4.58. The Morgan fingerprint density at radius 3 is 2.34 bits per heavy atom. The Balaban J connectivity index is 1.42. The number of amides is 2. The van der Waals surface area contributed by atoms with Gasteiger partial charge in [0.25, 0.3) is 5.91 Å². The fraction of sp³-hybridized carbons (Fsp3) is 0.625. The standard InChI is InChI=1S/C24H30Cl2N2O4/c1-13(19-5-4-18(25)7-20(19)26)27-21(30)14(2)32-22(31)23-8-16-6-17(9-23)11-24(10-16,12-23)28-15(3)29/h4-5,7,13-14,16-17H,6,8-12H2,1-3H3,(H,27,30)(H,28,29)/t13-,14+,16-,17+,23?,24?/m0/s1. The van der Waals surface area contributed by atoms with E-state index >= 15 is 0 Å². The number of benzene rings is 1. The smallest absolute Gasteiger partial charge is 0.312 e. The number of esters is 1. The van der Waals surface area contributed by atoms with Gasteiger partial charge in [0.05, 0.1) is 11.5 Å². The molecule has 32 heavy (non-hydrogen) atoms. The van der Waals surface area contributed by atoms with Gasteiger partial charge in [0.1, 0.15) is 0 Å². The molecule has 1 aromatic carbocycles. The van der Waals surface area contributed by atoms with Crippen molar-refractivity contribution >= 4 is 41.0 Å². The van der Waals surface area contributed by atoms with Crippen LogP contribution in [0.2, 0.25) is 10.0 Å². The second kappa shape index (κ2) is 8.53. The van der Waals surface area contributed by atoms with Crippen LogP contribution in [0.1, 0.15) is 70.9 Å². The van der Waals surface area contributed by atoms with Gasteiger partial charge in [-0.3, -0.25) is 14.4 Å². The second-order valence-electron chi connectivity index (χ2n) is 10.1. The van der Waals surface area contributed by atoms with Gasteiger partial charge in [0.15, 0.2) is 6.10 Å².